The molecule has 0 saturated carbocycles. The van der Waals surface area contributed by atoms with E-state index in [0.717, 1.165) is 0 Å². The lowest BCUT2D eigenvalue weighted by Crippen LogP contribution is -2.22. The molecule has 15 heavy (non-hydrogen) atoms. The van der Waals surface area contributed by atoms with E-state index in [1.54, 1.807) is 0 Å². The molecular weight excluding hydrogens is 202 g/mol. The smallest absolute Gasteiger partial charge is 0.360 e. The van der Waals surface area contributed by atoms with Crippen LogP contribution in [0.1, 0.15) is 16.5 Å². The van der Waals surface area contributed by atoms with Crippen molar-refractivity contribution in [2.75, 3.05) is 20.3 Å². The summed E-state index contributed by atoms with van der Waals surface area (Å²) in [5.41, 5.74) is 0.122. The fourth-order valence-electron chi connectivity index (χ4n) is 1.42. The molecule has 1 aromatic rings. The Bertz CT molecular complexity index is 365. The molecular formula is C8H11N3O4. The zero-order chi connectivity index (χ0) is 10.8. The highest BCUT2D eigenvalue weighted by Gasteiger charge is 2.29. The molecule has 7 nitrogen and oxygen atoms in total. The Morgan fingerprint density at radius 1 is 1.73 bits per heavy atom. The second kappa shape index (κ2) is 3.95. The fraction of sp³-hybridized carbons (Fsp3) is 0.625. The first kappa shape index (κ1) is 10.1. The van der Waals surface area contributed by atoms with Gasteiger partial charge in [-0.3, -0.25) is 0 Å². The maximum absolute atomic E-state index is 11.1. The first-order chi connectivity index (χ1) is 7.22. The predicted molar refractivity (Wildman–Crippen MR) is 47.2 cm³/mol. The summed E-state index contributed by atoms with van der Waals surface area (Å²) in [5.74, 6) is -0.547. The number of aliphatic hydroxyl groups excluding tert-OH is 1. The molecule has 82 valence electrons. The first-order valence-electron chi connectivity index (χ1n) is 4.48. The van der Waals surface area contributed by atoms with Crippen LogP contribution < -0.4 is 0 Å². The van der Waals surface area contributed by atoms with Gasteiger partial charge in [0.1, 0.15) is 12.1 Å². The fourth-order valence-corrected chi connectivity index (χ4v) is 1.42. The molecule has 0 unspecified atom stereocenters. The molecule has 0 bridgehead atoms. The number of ether oxygens (including phenoxy) is 2. The summed E-state index contributed by atoms with van der Waals surface area (Å²) in [5, 5.41) is 16.9. The van der Waals surface area contributed by atoms with Crippen LogP contribution in [0.5, 0.6) is 0 Å². The third kappa shape index (κ3) is 1.83. The molecule has 1 aliphatic heterocycles. The minimum atomic E-state index is -0.614. The van der Waals surface area contributed by atoms with E-state index in [2.05, 4.69) is 15.0 Å². The van der Waals surface area contributed by atoms with Gasteiger partial charge >= 0.3 is 5.97 Å². The maximum Gasteiger partial charge on any atom is 0.360 e. The van der Waals surface area contributed by atoms with Crippen molar-refractivity contribution in [2.45, 2.75) is 12.1 Å². The highest BCUT2D eigenvalue weighted by Crippen LogP contribution is 2.18. The summed E-state index contributed by atoms with van der Waals surface area (Å²) in [6, 6.07) is -0.282. The number of carbonyl (C=O) groups is 1. The summed E-state index contributed by atoms with van der Waals surface area (Å²) < 4.78 is 11.0. The van der Waals surface area contributed by atoms with Crippen LogP contribution in [-0.2, 0) is 9.47 Å². The van der Waals surface area contributed by atoms with Gasteiger partial charge in [0.05, 0.1) is 26.5 Å². The number of methoxy groups -OCH3 is 1. The summed E-state index contributed by atoms with van der Waals surface area (Å²) in [4.78, 5) is 11.1. The van der Waals surface area contributed by atoms with Crippen LogP contribution in [0.4, 0.5) is 0 Å². The average molecular weight is 213 g/mol. The van der Waals surface area contributed by atoms with Gasteiger partial charge < -0.3 is 14.6 Å². The van der Waals surface area contributed by atoms with Gasteiger partial charge in [-0.1, -0.05) is 5.21 Å². The van der Waals surface area contributed by atoms with E-state index in [1.165, 1.54) is 18.0 Å². The number of esters is 1. The maximum atomic E-state index is 11.1. The molecule has 2 atom stereocenters. The molecule has 0 radical (unpaired) electrons. The van der Waals surface area contributed by atoms with Crippen molar-refractivity contribution in [3.63, 3.8) is 0 Å². The van der Waals surface area contributed by atoms with Crippen molar-refractivity contribution in [3.05, 3.63) is 11.9 Å². The van der Waals surface area contributed by atoms with E-state index < -0.39 is 12.1 Å². The second-order valence-electron chi connectivity index (χ2n) is 3.25. The zero-order valence-electron chi connectivity index (χ0n) is 8.16. The minimum absolute atomic E-state index is 0.122. The third-order valence-corrected chi connectivity index (χ3v) is 2.27. The Hall–Kier alpha value is -1.47. The number of aromatic nitrogens is 3. The Balaban J connectivity index is 2.16. The Morgan fingerprint density at radius 2 is 2.53 bits per heavy atom. The van der Waals surface area contributed by atoms with Gasteiger partial charge in [0.2, 0.25) is 0 Å². The van der Waals surface area contributed by atoms with E-state index >= 15 is 0 Å². The number of carbonyl (C=O) groups excluding carboxylic acids is 1. The quantitative estimate of drug-likeness (QED) is 0.634. The van der Waals surface area contributed by atoms with Gasteiger partial charge in [0, 0.05) is 0 Å². The topological polar surface area (TPSA) is 86.5 Å². The van der Waals surface area contributed by atoms with E-state index in [9.17, 15) is 9.90 Å². The molecule has 0 amide bonds. The second-order valence-corrected chi connectivity index (χ2v) is 3.25. The Morgan fingerprint density at radius 3 is 3.13 bits per heavy atom. The van der Waals surface area contributed by atoms with Crippen LogP contribution in [0.2, 0.25) is 0 Å². The van der Waals surface area contributed by atoms with Crippen molar-refractivity contribution in [2.24, 2.45) is 0 Å². The molecule has 2 heterocycles. The van der Waals surface area contributed by atoms with Crippen molar-refractivity contribution >= 4 is 5.97 Å². The van der Waals surface area contributed by atoms with Gasteiger partial charge in [-0.15, -0.1) is 5.10 Å². The third-order valence-electron chi connectivity index (χ3n) is 2.27. The number of hydrogen-bond acceptors (Lipinski definition) is 6. The first-order valence-corrected chi connectivity index (χ1v) is 4.48. The molecule has 0 aromatic carbocycles. The molecule has 1 N–H and O–H groups in total. The molecule has 0 spiro atoms. The van der Waals surface area contributed by atoms with Crippen molar-refractivity contribution < 1.29 is 19.4 Å². The average Bonchev–Trinajstić information content (AvgIpc) is 2.84. The molecule has 2 rings (SSSR count). The SMILES string of the molecule is COC(=O)c1cn([C@@H]2COC[C@H]2O)nn1. The highest BCUT2D eigenvalue weighted by molar-refractivity contribution is 5.86. The van der Waals surface area contributed by atoms with Crippen LogP contribution in [-0.4, -0.2) is 52.5 Å². The lowest BCUT2D eigenvalue weighted by atomic mass is 10.2. The van der Waals surface area contributed by atoms with Gasteiger partial charge in [0.15, 0.2) is 5.69 Å². The molecule has 1 saturated heterocycles. The number of hydrogen-bond donors (Lipinski definition) is 1. The monoisotopic (exact) mass is 213 g/mol. The van der Waals surface area contributed by atoms with Crippen LogP contribution in [0.3, 0.4) is 0 Å². The standard InChI is InChI=1S/C8H11N3O4/c1-14-8(13)5-2-11(10-9-5)6-3-15-4-7(6)12/h2,6-7,12H,3-4H2,1H3/t6-,7-/m1/s1. The van der Waals surface area contributed by atoms with Gasteiger partial charge in [-0.2, -0.15) is 0 Å². The highest BCUT2D eigenvalue weighted by atomic mass is 16.5. The minimum Gasteiger partial charge on any atom is -0.464 e. The summed E-state index contributed by atoms with van der Waals surface area (Å²) in [6.45, 7) is 0.642. The van der Waals surface area contributed by atoms with E-state index in [4.69, 9.17) is 4.74 Å². The molecule has 7 heteroatoms. The summed E-state index contributed by atoms with van der Waals surface area (Å²) >= 11 is 0. The normalized spacial score (nSPS) is 25.5. The molecule has 1 aromatic heterocycles. The largest absolute Gasteiger partial charge is 0.464 e. The van der Waals surface area contributed by atoms with Crippen LogP contribution in [0, 0.1) is 0 Å². The number of rotatable bonds is 2. The predicted octanol–water partition coefficient (Wildman–Crippen LogP) is -1.00. The molecule has 1 aliphatic rings. The zero-order valence-corrected chi connectivity index (χ0v) is 8.16. The summed E-state index contributed by atoms with van der Waals surface area (Å²) in [7, 11) is 1.27. The van der Waals surface area contributed by atoms with Crippen molar-refractivity contribution in [3.8, 4) is 0 Å². The van der Waals surface area contributed by atoms with Crippen LogP contribution in [0.15, 0.2) is 6.20 Å². The van der Waals surface area contributed by atoms with Gasteiger partial charge in [-0.05, 0) is 0 Å². The van der Waals surface area contributed by atoms with E-state index in [-0.39, 0.29) is 18.3 Å². The lowest BCUT2D eigenvalue weighted by Gasteiger charge is -2.10. The Kier molecular flexibility index (Phi) is 2.65. The van der Waals surface area contributed by atoms with E-state index in [0.29, 0.717) is 6.61 Å². The van der Waals surface area contributed by atoms with Crippen LogP contribution >= 0.6 is 0 Å². The summed E-state index contributed by atoms with van der Waals surface area (Å²) in [6.07, 6.45) is 0.825. The van der Waals surface area contributed by atoms with E-state index in [1.807, 2.05) is 0 Å². The molecule has 1 fully saturated rings. The number of nitrogens with zero attached hydrogens (tertiary/aromatic N) is 3. The van der Waals surface area contributed by atoms with Crippen LogP contribution in [0.25, 0.3) is 0 Å². The number of aliphatic hydroxyl groups is 1. The van der Waals surface area contributed by atoms with Gasteiger partial charge in [0.25, 0.3) is 0 Å². The molecule has 0 aliphatic carbocycles. The van der Waals surface area contributed by atoms with Gasteiger partial charge in [-0.25, -0.2) is 9.48 Å². The Labute approximate surface area is 85.6 Å². The van der Waals surface area contributed by atoms with Crippen molar-refractivity contribution in [1.82, 2.24) is 15.0 Å². The lowest BCUT2D eigenvalue weighted by molar-refractivity contribution is 0.0593. The van der Waals surface area contributed by atoms with Crippen molar-refractivity contribution in [1.29, 1.82) is 0 Å².